The van der Waals surface area contributed by atoms with Crippen LogP contribution in [0, 0.1) is 17.8 Å². The molecule has 0 aromatic heterocycles. The highest BCUT2D eigenvalue weighted by Crippen LogP contribution is 2.47. The number of nitrogens with one attached hydrogen (secondary N) is 1. The van der Waals surface area contributed by atoms with E-state index in [4.69, 9.17) is 0 Å². The number of likely N-dealkylation sites (tertiary alicyclic amines) is 1. The van der Waals surface area contributed by atoms with E-state index in [0.717, 1.165) is 44.1 Å². The van der Waals surface area contributed by atoms with Crippen LogP contribution in [0.4, 0.5) is 0 Å². The van der Waals surface area contributed by atoms with Gasteiger partial charge < -0.3 is 15.5 Å². The molecule has 1 aliphatic heterocycles. The van der Waals surface area contributed by atoms with Crippen molar-refractivity contribution in [2.75, 3.05) is 13.1 Å². The van der Waals surface area contributed by atoms with Crippen molar-refractivity contribution in [1.29, 1.82) is 0 Å². The molecule has 186 valence electrons. The maximum absolute atomic E-state index is 13.7. The van der Waals surface area contributed by atoms with E-state index in [2.05, 4.69) is 5.32 Å². The standard InChI is InChI=1S/C29H36N2O4/c32-27(33)25(17-20-11-5-3-6-12-20)31-18-23-24(19-31)26(23)30-28(34)29(35,22-15-9-4-10-16-22)21-13-7-1-2-8-14-21/h3-6,9-12,15-16,21,23-26,35H,1-2,7-8,13-14,17-19H2,(H,30,34)(H,32,33)/t23-,24?,25?,26+,29?/m0/s1. The number of rotatable bonds is 8. The number of hydrogen-bond donors (Lipinski definition) is 3. The van der Waals surface area contributed by atoms with E-state index in [1.54, 1.807) is 0 Å². The zero-order valence-corrected chi connectivity index (χ0v) is 20.2. The Morgan fingerprint density at radius 3 is 2.06 bits per heavy atom. The predicted octanol–water partition coefficient (Wildman–Crippen LogP) is 3.59. The molecule has 0 radical (unpaired) electrons. The minimum atomic E-state index is -1.53. The molecule has 1 saturated heterocycles. The first-order valence-corrected chi connectivity index (χ1v) is 13.1. The van der Waals surface area contributed by atoms with Gasteiger partial charge in [-0.3, -0.25) is 14.5 Å². The summed E-state index contributed by atoms with van der Waals surface area (Å²) in [6, 6.07) is 18.6. The van der Waals surface area contributed by atoms with Crippen LogP contribution in [-0.4, -0.2) is 52.2 Å². The molecule has 3 aliphatic rings. The molecule has 0 spiro atoms. The lowest BCUT2D eigenvalue weighted by molar-refractivity contribution is -0.149. The number of piperidine rings is 1. The average Bonchev–Trinajstić information content (AvgIpc) is 3.44. The molecule has 0 bridgehead atoms. The summed E-state index contributed by atoms with van der Waals surface area (Å²) in [6.07, 6.45) is 6.55. The normalized spacial score (nSPS) is 27.3. The summed E-state index contributed by atoms with van der Waals surface area (Å²) in [4.78, 5) is 27.7. The van der Waals surface area contributed by atoms with E-state index < -0.39 is 17.6 Å². The quantitative estimate of drug-likeness (QED) is 0.507. The van der Waals surface area contributed by atoms with Gasteiger partial charge in [-0.15, -0.1) is 0 Å². The number of benzene rings is 2. The first-order chi connectivity index (χ1) is 17.0. The van der Waals surface area contributed by atoms with Gasteiger partial charge in [0.05, 0.1) is 0 Å². The van der Waals surface area contributed by atoms with Crippen LogP contribution in [0.2, 0.25) is 0 Å². The topological polar surface area (TPSA) is 89.9 Å². The van der Waals surface area contributed by atoms with E-state index >= 15 is 0 Å². The summed E-state index contributed by atoms with van der Waals surface area (Å²) < 4.78 is 0. The molecule has 6 nitrogen and oxygen atoms in total. The summed E-state index contributed by atoms with van der Waals surface area (Å²) in [5.74, 6) is -0.704. The van der Waals surface area contributed by atoms with Crippen LogP contribution in [0.15, 0.2) is 60.7 Å². The fourth-order valence-corrected chi connectivity index (χ4v) is 6.44. The van der Waals surface area contributed by atoms with Gasteiger partial charge in [0.15, 0.2) is 5.60 Å². The van der Waals surface area contributed by atoms with Crippen LogP contribution in [-0.2, 0) is 21.6 Å². The van der Waals surface area contributed by atoms with Gasteiger partial charge >= 0.3 is 5.97 Å². The molecule has 3 fully saturated rings. The number of carbonyl (C=O) groups is 2. The molecule has 1 amide bonds. The molecule has 2 aromatic carbocycles. The predicted molar refractivity (Wildman–Crippen MR) is 134 cm³/mol. The zero-order valence-electron chi connectivity index (χ0n) is 20.2. The number of aliphatic hydroxyl groups is 1. The Hall–Kier alpha value is -2.70. The lowest BCUT2D eigenvalue weighted by atomic mass is 9.76. The molecule has 2 aromatic rings. The van der Waals surface area contributed by atoms with Gasteiger partial charge in [-0.05, 0) is 42.2 Å². The molecule has 3 N–H and O–H groups in total. The monoisotopic (exact) mass is 476 g/mol. The molecule has 3 unspecified atom stereocenters. The maximum Gasteiger partial charge on any atom is 0.321 e. The van der Waals surface area contributed by atoms with Gasteiger partial charge in [0.25, 0.3) is 5.91 Å². The molecule has 1 heterocycles. The largest absolute Gasteiger partial charge is 0.480 e. The first-order valence-electron chi connectivity index (χ1n) is 13.1. The van der Waals surface area contributed by atoms with E-state index in [-0.39, 0.29) is 29.7 Å². The van der Waals surface area contributed by atoms with Crippen molar-refractivity contribution >= 4 is 11.9 Å². The highest BCUT2D eigenvalue weighted by Gasteiger charge is 2.59. The molecule has 6 heteroatoms. The number of aliphatic carboxylic acids is 1. The Morgan fingerprint density at radius 1 is 0.914 bits per heavy atom. The maximum atomic E-state index is 13.7. The summed E-state index contributed by atoms with van der Waals surface area (Å²) >= 11 is 0. The SMILES string of the molecule is O=C(O)C(Cc1ccccc1)N1CC2[C@H](C1)[C@H]2NC(=O)C(O)(c1ccccc1)C1CCCCCC1. The van der Waals surface area contributed by atoms with Crippen molar-refractivity contribution in [3.63, 3.8) is 0 Å². The van der Waals surface area contributed by atoms with Crippen molar-refractivity contribution in [3.8, 4) is 0 Å². The Bertz CT molecular complexity index is 1010. The number of carbonyl (C=O) groups excluding carboxylic acids is 1. The van der Waals surface area contributed by atoms with Crippen molar-refractivity contribution in [2.45, 2.75) is 62.6 Å². The second-order valence-electron chi connectivity index (χ2n) is 10.6. The lowest BCUT2D eigenvalue weighted by Gasteiger charge is -2.35. The Balaban J connectivity index is 1.25. The van der Waals surface area contributed by atoms with Crippen LogP contribution in [0.3, 0.4) is 0 Å². The molecule has 5 atom stereocenters. The third kappa shape index (κ3) is 4.87. The van der Waals surface area contributed by atoms with Crippen LogP contribution in [0.1, 0.15) is 49.7 Å². The smallest absolute Gasteiger partial charge is 0.321 e. The average molecular weight is 477 g/mol. The van der Waals surface area contributed by atoms with E-state index in [1.165, 1.54) is 0 Å². The fraction of sp³-hybridized carbons (Fsp3) is 0.517. The van der Waals surface area contributed by atoms with Crippen LogP contribution in [0.5, 0.6) is 0 Å². The van der Waals surface area contributed by atoms with Gasteiger partial charge in [-0.25, -0.2) is 0 Å². The van der Waals surface area contributed by atoms with Crippen molar-refractivity contribution in [2.24, 2.45) is 17.8 Å². The Kier molecular flexibility index (Phi) is 6.94. The number of hydrogen-bond acceptors (Lipinski definition) is 4. The van der Waals surface area contributed by atoms with Gasteiger partial charge in [0, 0.05) is 25.0 Å². The highest BCUT2D eigenvalue weighted by molar-refractivity contribution is 5.87. The van der Waals surface area contributed by atoms with E-state index in [1.807, 2.05) is 65.6 Å². The third-order valence-electron chi connectivity index (χ3n) is 8.52. The summed E-state index contributed by atoms with van der Waals surface area (Å²) in [5, 5.41) is 25.0. The van der Waals surface area contributed by atoms with E-state index in [0.29, 0.717) is 25.1 Å². The van der Waals surface area contributed by atoms with Crippen molar-refractivity contribution < 1.29 is 19.8 Å². The van der Waals surface area contributed by atoms with Gasteiger partial charge in [0.1, 0.15) is 6.04 Å². The second-order valence-corrected chi connectivity index (χ2v) is 10.6. The number of carboxylic acid groups (broad SMARTS) is 1. The first kappa shape index (κ1) is 24.0. The van der Waals surface area contributed by atoms with Crippen LogP contribution < -0.4 is 5.32 Å². The lowest BCUT2D eigenvalue weighted by Crippen LogP contribution is -2.52. The molecular formula is C29H36N2O4. The molecule has 2 aliphatic carbocycles. The van der Waals surface area contributed by atoms with Gasteiger partial charge in [-0.2, -0.15) is 0 Å². The number of carboxylic acids is 1. The third-order valence-corrected chi connectivity index (χ3v) is 8.52. The summed E-state index contributed by atoms with van der Waals surface area (Å²) in [7, 11) is 0. The number of fused-ring (bicyclic) bond motifs is 1. The number of nitrogens with zero attached hydrogens (tertiary/aromatic N) is 1. The van der Waals surface area contributed by atoms with Crippen LogP contribution in [0.25, 0.3) is 0 Å². The van der Waals surface area contributed by atoms with E-state index in [9.17, 15) is 19.8 Å². The summed E-state index contributed by atoms with van der Waals surface area (Å²) in [5.41, 5.74) is 0.159. The van der Waals surface area contributed by atoms with Crippen LogP contribution >= 0.6 is 0 Å². The molecule has 5 rings (SSSR count). The minimum Gasteiger partial charge on any atom is -0.480 e. The molecular weight excluding hydrogens is 440 g/mol. The summed E-state index contributed by atoms with van der Waals surface area (Å²) in [6.45, 7) is 1.32. The second kappa shape index (κ2) is 10.1. The minimum absolute atomic E-state index is 0.00550. The number of amides is 1. The van der Waals surface area contributed by atoms with Crippen molar-refractivity contribution in [1.82, 2.24) is 10.2 Å². The Labute approximate surface area is 207 Å². The fourth-order valence-electron chi connectivity index (χ4n) is 6.44. The van der Waals surface area contributed by atoms with Crippen molar-refractivity contribution in [3.05, 3.63) is 71.8 Å². The zero-order chi connectivity index (χ0) is 24.4. The highest BCUT2D eigenvalue weighted by atomic mass is 16.4. The molecule has 35 heavy (non-hydrogen) atoms. The van der Waals surface area contributed by atoms with Gasteiger partial charge in [-0.1, -0.05) is 86.3 Å². The Morgan fingerprint density at radius 2 is 1.49 bits per heavy atom. The molecule has 2 saturated carbocycles. The van der Waals surface area contributed by atoms with Gasteiger partial charge in [0.2, 0.25) is 0 Å².